The quantitative estimate of drug-likeness (QED) is 0.852. The molecule has 1 N–H and O–H groups in total. The summed E-state index contributed by atoms with van der Waals surface area (Å²) in [5.74, 6) is 0.144. The van der Waals surface area contributed by atoms with E-state index in [9.17, 15) is 13.2 Å². The molecule has 1 fully saturated rings. The minimum atomic E-state index is -4.42. The maximum atomic E-state index is 12.6. The van der Waals surface area contributed by atoms with Crippen molar-refractivity contribution in [2.45, 2.75) is 18.5 Å². The number of hydrogen-bond donors (Lipinski definition) is 1. The standard InChI is InChI=1S/C11H10ClF3O/c12-10-2-1-6(8-3-7(8)5-16)4-9(10)11(13,14)15/h1-2,4,7-8,16H,3,5H2. The molecule has 1 aliphatic rings. The Balaban J connectivity index is 2.30. The van der Waals surface area contributed by atoms with Gasteiger partial charge in [0.25, 0.3) is 0 Å². The first-order valence-corrected chi connectivity index (χ1v) is 5.28. The number of halogens is 4. The highest BCUT2D eigenvalue weighted by Gasteiger charge is 2.40. The first kappa shape index (κ1) is 11.7. The van der Waals surface area contributed by atoms with Crippen LogP contribution in [0.4, 0.5) is 13.2 Å². The van der Waals surface area contributed by atoms with E-state index in [1.807, 2.05) is 0 Å². The van der Waals surface area contributed by atoms with Crippen molar-refractivity contribution in [1.29, 1.82) is 0 Å². The largest absolute Gasteiger partial charge is 0.417 e. The first-order valence-electron chi connectivity index (χ1n) is 4.91. The number of benzene rings is 1. The van der Waals surface area contributed by atoms with Gasteiger partial charge < -0.3 is 5.11 Å². The Kier molecular flexibility index (Phi) is 2.88. The van der Waals surface area contributed by atoms with Gasteiger partial charge in [-0.25, -0.2) is 0 Å². The van der Waals surface area contributed by atoms with Crippen LogP contribution in [0.3, 0.4) is 0 Å². The molecule has 1 aromatic carbocycles. The van der Waals surface area contributed by atoms with Crippen molar-refractivity contribution in [2.24, 2.45) is 5.92 Å². The van der Waals surface area contributed by atoms with E-state index in [1.165, 1.54) is 6.07 Å². The van der Waals surface area contributed by atoms with Crippen LogP contribution in [0.2, 0.25) is 5.02 Å². The van der Waals surface area contributed by atoms with Gasteiger partial charge in [-0.15, -0.1) is 0 Å². The lowest BCUT2D eigenvalue weighted by Crippen LogP contribution is -2.06. The highest BCUT2D eigenvalue weighted by Crippen LogP contribution is 2.48. The summed E-state index contributed by atoms with van der Waals surface area (Å²) < 4.78 is 37.7. The summed E-state index contributed by atoms with van der Waals surface area (Å²) in [4.78, 5) is 0. The van der Waals surface area contributed by atoms with Crippen LogP contribution in [0.25, 0.3) is 0 Å². The number of rotatable bonds is 2. The predicted molar refractivity (Wildman–Crippen MR) is 54.4 cm³/mol. The lowest BCUT2D eigenvalue weighted by molar-refractivity contribution is -0.137. The number of alkyl halides is 3. The number of hydrogen-bond acceptors (Lipinski definition) is 1. The Morgan fingerprint density at radius 2 is 2.06 bits per heavy atom. The van der Waals surface area contributed by atoms with E-state index in [2.05, 4.69) is 0 Å². The molecule has 0 radical (unpaired) electrons. The van der Waals surface area contributed by atoms with E-state index in [4.69, 9.17) is 16.7 Å². The summed E-state index contributed by atoms with van der Waals surface area (Å²) in [7, 11) is 0. The van der Waals surface area contributed by atoms with Crippen LogP contribution >= 0.6 is 11.6 Å². The van der Waals surface area contributed by atoms with Crippen molar-refractivity contribution in [2.75, 3.05) is 6.61 Å². The highest BCUT2D eigenvalue weighted by atomic mass is 35.5. The van der Waals surface area contributed by atoms with Gasteiger partial charge >= 0.3 is 6.18 Å². The number of aliphatic hydroxyl groups is 1. The van der Waals surface area contributed by atoms with E-state index in [1.54, 1.807) is 6.07 Å². The molecule has 1 aliphatic carbocycles. The fourth-order valence-electron chi connectivity index (χ4n) is 1.85. The molecule has 0 aromatic heterocycles. The third-order valence-corrected chi connectivity index (χ3v) is 3.21. The van der Waals surface area contributed by atoms with Gasteiger partial charge in [0.2, 0.25) is 0 Å². The smallest absolute Gasteiger partial charge is 0.396 e. The SMILES string of the molecule is OCC1CC1c1ccc(Cl)c(C(F)(F)F)c1. The summed E-state index contributed by atoms with van der Waals surface area (Å²) in [6.45, 7) is 0.0225. The van der Waals surface area contributed by atoms with E-state index in [-0.39, 0.29) is 23.5 Å². The average molecular weight is 251 g/mol. The fraction of sp³-hybridized carbons (Fsp3) is 0.455. The predicted octanol–water partition coefficient (Wildman–Crippen LogP) is 3.45. The molecule has 0 bridgehead atoms. The molecule has 0 amide bonds. The molecule has 16 heavy (non-hydrogen) atoms. The summed E-state index contributed by atoms with van der Waals surface area (Å²) in [6, 6.07) is 3.95. The van der Waals surface area contributed by atoms with Gasteiger partial charge in [-0.05, 0) is 36.0 Å². The molecular weight excluding hydrogens is 241 g/mol. The normalized spacial score (nSPS) is 24.6. The fourth-order valence-corrected chi connectivity index (χ4v) is 2.07. The minimum absolute atomic E-state index is 0.0225. The Bertz CT molecular complexity index is 403. The lowest BCUT2D eigenvalue weighted by Gasteiger charge is -2.10. The van der Waals surface area contributed by atoms with Crippen LogP contribution in [0.1, 0.15) is 23.5 Å². The van der Waals surface area contributed by atoms with Crippen molar-refractivity contribution in [3.05, 3.63) is 34.3 Å². The summed E-state index contributed by atoms with van der Waals surface area (Å²) in [5.41, 5.74) is -0.189. The zero-order chi connectivity index (χ0) is 11.9. The molecule has 2 unspecified atom stereocenters. The summed E-state index contributed by atoms with van der Waals surface area (Å²) >= 11 is 5.51. The van der Waals surface area contributed by atoms with Crippen LogP contribution in [-0.4, -0.2) is 11.7 Å². The van der Waals surface area contributed by atoms with Gasteiger partial charge in [0.1, 0.15) is 0 Å². The highest BCUT2D eigenvalue weighted by molar-refractivity contribution is 6.31. The third-order valence-electron chi connectivity index (χ3n) is 2.88. The lowest BCUT2D eigenvalue weighted by atomic mass is 10.1. The maximum Gasteiger partial charge on any atom is 0.417 e. The Morgan fingerprint density at radius 3 is 2.56 bits per heavy atom. The van der Waals surface area contributed by atoms with Crippen LogP contribution in [0.15, 0.2) is 18.2 Å². The molecule has 5 heteroatoms. The Labute approximate surface area is 95.8 Å². The second-order valence-corrected chi connectivity index (χ2v) is 4.43. The van der Waals surface area contributed by atoms with Gasteiger partial charge in [0.05, 0.1) is 10.6 Å². The summed E-state index contributed by atoms with van der Waals surface area (Å²) in [5, 5.41) is 8.59. The maximum absolute atomic E-state index is 12.6. The van der Waals surface area contributed by atoms with Crippen LogP contribution in [-0.2, 0) is 6.18 Å². The van der Waals surface area contributed by atoms with Crippen molar-refractivity contribution < 1.29 is 18.3 Å². The average Bonchev–Trinajstić information content (AvgIpc) is 2.96. The van der Waals surface area contributed by atoms with Crippen LogP contribution in [0.5, 0.6) is 0 Å². The topological polar surface area (TPSA) is 20.2 Å². The molecule has 0 spiro atoms. The molecule has 0 aliphatic heterocycles. The van der Waals surface area contributed by atoms with E-state index < -0.39 is 11.7 Å². The second kappa shape index (κ2) is 3.93. The molecule has 88 valence electrons. The van der Waals surface area contributed by atoms with Gasteiger partial charge in [-0.3, -0.25) is 0 Å². The van der Waals surface area contributed by atoms with Gasteiger partial charge in [-0.2, -0.15) is 13.2 Å². The van der Waals surface area contributed by atoms with Crippen LogP contribution < -0.4 is 0 Å². The van der Waals surface area contributed by atoms with Crippen molar-refractivity contribution in [3.63, 3.8) is 0 Å². The molecule has 1 saturated carbocycles. The molecular formula is C11H10ClF3O. The van der Waals surface area contributed by atoms with E-state index >= 15 is 0 Å². The third kappa shape index (κ3) is 2.18. The second-order valence-electron chi connectivity index (χ2n) is 4.02. The first-order chi connectivity index (χ1) is 7.43. The van der Waals surface area contributed by atoms with Crippen LogP contribution in [0, 0.1) is 5.92 Å². The molecule has 1 nitrogen and oxygen atoms in total. The molecule has 0 saturated heterocycles. The zero-order valence-corrected chi connectivity index (χ0v) is 9.02. The molecule has 2 rings (SSSR count). The van der Waals surface area contributed by atoms with Gasteiger partial charge in [-0.1, -0.05) is 17.7 Å². The van der Waals surface area contributed by atoms with Crippen molar-refractivity contribution >= 4 is 11.6 Å². The number of aliphatic hydroxyl groups excluding tert-OH is 1. The van der Waals surface area contributed by atoms with Crippen molar-refractivity contribution in [3.8, 4) is 0 Å². The minimum Gasteiger partial charge on any atom is -0.396 e. The molecule has 2 atom stereocenters. The zero-order valence-electron chi connectivity index (χ0n) is 8.26. The Morgan fingerprint density at radius 1 is 1.38 bits per heavy atom. The Hall–Kier alpha value is -0.740. The monoisotopic (exact) mass is 250 g/mol. The van der Waals surface area contributed by atoms with E-state index in [0.717, 1.165) is 12.5 Å². The molecule has 1 aromatic rings. The van der Waals surface area contributed by atoms with Crippen molar-refractivity contribution in [1.82, 2.24) is 0 Å². The van der Waals surface area contributed by atoms with Gasteiger partial charge in [0, 0.05) is 6.61 Å². The van der Waals surface area contributed by atoms with Gasteiger partial charge in [0.15, 0.2) is 0 Å². The molecule has 0 heterocycles. The van der Waals surface area contributed by atoms with E-state index in [0.29, 0.717) is 5.56 Å². The summed E-state index contributed by atoms with van der Waals surface area (Å²) in [6.07, 6.45) is -3.67.